The third kappa shape index (κ3) is 2.19. The second-order valence-corrected chi connectivity index (χ2v) is 5.59. The Balaban J connectivity index is 1.70. The fourth-order valence-electron chi connectivity index (χ4n) is 2.82. The van der Waals surface area contributed by atoms with Gasteiger partial charge < -0.3 is 9.84 Å². The zero-order valence-corrected chi connectivity index (χ0v) is 11.8. The lowest BCUT2D eigenvalue weighted by molar-refractivity contribution is 0.340. The Hall–Kier alpha value is -2.27. The van der Waals surface area contributed by atoms with E-state index in [9.17, 15) is 0 Å². The number of benzene rings is 1. The molecule has 1 aliphatic rings. The van der Waals surface area contributed by atoms with Gasteiger partial charge >= 0.3 is 0 Å². The Kier molecular flexibility index (Phi) is 2.93. The van der Waals surface area contributed by atoms with E-state index >= 15 is 0 Å². The van der Waals surface area contributed by atoms with Gasteiger partial charge in [-0.15, -0.1) is 0 Å². The van der Waals surface area contributed by atoms with E-state index in [0.717, 1.165) is 29.7 Å². The maximum Gasteiger partial charge on any atom is 0.231 e. The predicted molar refractivity (Wildman–Crippen MR) is 79.8 cm³/mol. The van der Waals surface area contributed by atoms with Gasteiger partial charge in [0.1, 0.15) is 5.69 Å². The van der Waals surface area contributed by atoms with Gasteiger partial charge in [-0.05, 0) is 24.6 Å². The fourth-order valence-corrected chi connectivity index (χ4v) is 2.82. The van der Waals surface area contributed by atoms with Crippen molar-refractivity contribution in [2.75, 3.05) is 13.1 Å². The monoisotopic (exact) mass is 280 g/mol. The first-order chi connectivity index (χ1) is 10.3. The van der Waals surface area contributed by atoms with Crippen molar-refractivity contribution in [1.29, 1.82) is 0 Å². The number of para-hydroxylation sites is 1. The first-order valence-corrected chi connectivity index (χ1v) is 7.22. The van der Waals surface area contributed by atoms with Crippen molar-refractivity contribution in [2.24, 2.45) is 5.92 Å². The summed E-state index contributed by atoms with van der Waals surface area (Å²) in [5, 5.41) is 8.56. The summed E-state index contributed by atoms with van der Waals surface area (Å²) in [6.45, 7) is 4.09. The van der Waals surface area contributed by atoms with Crippen LogP contribution in [0.4, 0.5) is 0 Å². The lowest BCUT2D eigenvalue weighted by Crippen LogP contribution is -2.08. The molecule has 0 bridgehead atoms. The van der Waals surface area contributed by atoms with Crippen LogP contribution in [-0.4, -0.2) is 28.2 Å². The molecule has 0 saturated carbocycles. The smallest absolute Gasteiger partial charge is 0.231 e. The summed E-state index contributed by atoms with van der Waals surface area (Å²) in [6.07, 6.45) is 0. The molecule has 0 aliphatic carbocycles. The Morgan fingerprint density at radius 1 is 1.10 bits per heavy atom. The molecule has 1 fully saturated rings. The SMILES string of the molecule is C[C@@H]1CNC[C@H]1c1nc(-c2ccc3ccccc3n2)no1. The molecule has 1 aromatic carbocycles. The molecule has 3 heterocycles. The maximum absolute atomic E-state index is 5.44. The van der Waals surface area contributed by atoms with Crippen LogP contribution in [0.25, 0.3) is 22.4 Å². The van der Waals surface area contributed by atoms with E-state index in [2.05, 4.69) is 27.4 Å². The first kappa shape index (κ1) is 12.5. The molecule has 0 amide bonds. The van der Waals surface area contributed by atoms with Crippen LogP contribution in [0.15, 0.2) is 40.9 Å². The minimum atomic E-state index is 0.298. The summed E-state index contributed by atoms with van der Waals surface area (Å²) in [5.41, 5.74) is 1.69. The minimum absolute atomic E-state index is 0.298. The van der Waals surface area contributed by atoms with Crippen molar-refractivity contribution in [3.63, 3.8) is 0 Å². The van der Waals surface area contributed by atoms with Crippen molar-refractivity contribution in [3.8, 4) is 11.5 Å². The highest BCUT2D eigenvalue weighted by Gasteiger charge is 2.29. The standard InChI is InChI=1S/C16H16N4O/c1-10-8-17-9-12(10)16-19-15(20-21-16)14-7-6-11-4-2-3-5-13(11)18-14/h2-7,10,12,17H,8-9H2,1H3/t10-,12-/m1/s1. The van der Waals surface area contributed by atoms with E-state index in [-0.39, 0.29) is 0 Å². The van der Waals surface area contributed by atoms with Crippen LogP contribution in [0.3, 0.4) is 0 Å². The predicted octanol–water partition coefficient (Wildman–Crippen LogP) is 2.61. The summed E-state index contributed by atoms with van der Waals surface area (Å²) in [6, 6.07) is 12.0. The molecule has 106 valence electrons. The number of aromatic nitrogens is 3. The highest BCUT2D eigenvalue weighted by molar-refractivity contribution is 5.80. The van der Waals surface area contributed by atoms with E-state index in [1.165, 1.54) is 0 Å². The van der Waals surface area contributed by atoms with E-state index in [1.807, 2.05) is 36.4 Å². The molecule has 0 unspecified atom stereocenters. The minimum Gasteiger partial charge on any atom is -0.339 e. The summed E-state index contributed by atoms with van der Waals surface area (Å²) < 4.78 is 5.44. The fraction of sp³-hybridized carbons (Fsp3) is 0.312. The number of hydrogen-bond acceptors (Lipinski definition) is 5. The number of fused-ring (bicyclic) bond motifs is 1. The summed E-state index contributed by atoms with van der Waals surface area (Å²) in [5.74, 6) is 2.09. The zero-order valence-electron chi connectivity index (χ0n) is 11.8. The Labute approximate surface area is 122 Å². The Morgan fingerprint density at radius 3 is 2.86 bits per heavy atom. The van der Waals surface area contributed by atoms with Crippen LogP contribution >= 0.6 is 0 Å². The van der Waals surface area contributed by atoms with Crippen molar-refractivity contribution in [3.05, 3.63) is 42.3 Å². The number of nitrogens with zero attached hydrogens (tertiary/aromatic N) is 3. The quantitative estimate of drug-likeness (QED) is 0.781. The average molecular weight is 280 g/mol. The molecule has 1 aliphatic heterocycles. The number of nitrogens with one attached hydrogen (secondary N) is 1. The molecule has 21 heavy (non-hydrogen) atoms. The molecule has 1 saturated heterocycles. The molecule has 1 N–H and O–H groups in total. The van der Waals surface area contributed by atoms with Crippen LogP contribution in [0.5, 0.6) is 0 Å². The van der Waals surface area contributed by atoms with Gasteiger partial charge in [-0.25, -0.2) is 4.98 Å². The third-order valence-electron chi connectivity index (χ3n) is 4.10. The van der Waals surface area contributed by atoms with Crippen molar-refractivity contribution >= 4 is 10.9 Å². The van der Waals surface area contributed by atoms with Crippen LogP contribution < -0.4 is 5.32 Å². The topological polar surface area (TPSA) is 63.8 Å². The summed E-state index contributed by atoms with van der Waals surface area (Å²) in [7, 11) is 0. The third-order valence-corrected chi connectivity index (χ3v) is 4.10. The molecular weight excluding hydrogens is 264 g/mol. The molecule has 0 spiro atoms. The number of pyridine rings is 1. The molecule has 5 nitrogen and oxygen atoms in total. The van der Waals surface area contributed by atoms with Crippen molar-refractivity contribution in [2.45, 2.75) is 12.8 Å². The van der Waals surface area contributed by atoms with Crippen LogP contribution in [-0.2, 0) is 0 Å². The first-order valence-electron chi connectivity index (χ1n) is 7.22. The van der Waals surface area contributed by atoms with Gasteiger partial charge in [0.05, 0.1) is 11.4 Å². The summed E-state index contributed by atoms with van der Waals surface area (Å²) >= 11 is 0. The van der Waals surface area contributed by atoms with Crippen LogP contribution in [0.1, 0.15) is 18.7 Å². The number of hydrogen-bond donors (Lipinski definition) is 1. The molecule has 5 heteroatoms. The molecule has 3 aromatic rings. The maximum atomic E-state index is 5.44. The lowest BCUT2D eigenvalue weighted by atomic mass is 9.98. The van der Waals surface area contributed by atoms with E-state index < -0.39 is 0 Å². The molecular formula is C16H16N4O. The van der Waals surface area contributed by atoms with Crippen molar-refractivity contribution < 1.29 is 4.52 Å². The van der Waals surface area contributed by atoms with Gasteiger partial charge in [0.25, 0.3) is 0 Å². The van der Waals surface area contributed by atoms with E-state index in [4.69, 9.17) is 4.52 Å². The van der Waals surface area contributed by atoms with E-state index in [1.54, 1.807) is 0 Å². The van der Waals surface area contributed by atoms with Gasteiger partial charge in [-0.3, -0.25) is 0 Å². The zero-order chi connectivity index (χ0) is 14.2. The Bertz CT molecular complexity index is 783. The highest BCUT2D eigenvalue weighted by atomic mass is 16.5. The normalized spacial score (nSPS) is 22.0. The van der Waals surface area contributed by atoms with Crippen LogP contribution in [0.2, 0.25) is 0 Å². The van der Waals surface area contributed by atoms with Gasteiger partial charge in [0.2, 0.25) is 11.7 Å². The Morgan fingerprint density at radius 2 is 2.00 bits per heavy atom. The van der Waals surface area contributed by atoms with Gasteiger partial charge in [0, 0.05) is 11.9 Å². The molecule has 4 rings (SSSR count). The number of rotatable bonds is 2. The largest absolute Gasteiger partial charge is 0.339 e. The second kappa shape index (κ2) is 4.93. The molecule has 2 aromatic heterocycles. The van der Waals surface area contributed by atoms with Crippen molar-refractivity contribution in [1.82, 2.24) is 20.4 Å². The van der Waals surface area contributed by atoms with Gasteiger partial charge in [-0.1, -0.05) is 36.3 Å². The summed E-state index contributed by atoms with van der Waals surface area (Å²) in [4.78, 5) is 9.14. The highest BCUT2D eigenvalue weighted by Crippen LogP contribution is 2.28. The van der Waals surface area contributed by atoms with E-state index in [0.29, 0.717) is 23.6 Å². The average Bonchev–Trinajstić information content (AvgIpc) is 3.15. The molecule has 0 radical (unpaired) electrons. The lowest BCUT2D eigenvalue weighted by Gasteiger charge is -2.07. The molecule has 2 atom stereocenters. The van der Waals surface area contributed by atoms with Crippen LogP contribution in [0, 0.1) is 5.92 Å². The van der Waals surface area contributed by atoms with Gasteiger partial charge in [0.15, 0.2) is 0 Å². The second-order valence-electron chi connectivity index (χ2n) is 5.59. The van der Waals surface area contributed by atoms with Gasteiger partial charge in [-0.2, -0.15) is 4.98 Å².